The first-order chi connectivity index (χ1) is 7.81. The molecule has 2 aromatic heterocycles. The zero-order chi connectivity index (χ0) is 11.1. The van der Waals surface area contributed by atoms with Gasteiger partial charge in [-0.2, -0.15) is 0 Å². The topological polar surface area (TPSA) is 4.93 Å². The maximum Gasteiger partial charge on any atom is 0.139 e. The molecule has 0 amide bonds. The van der Waals surface area contributed by atoms with Crippen LogP contribution in [-0.2, 0) is 6.54 Å². The summed E-state index contributed by atoms with van der Waals surface area (Å²) in [5.74, 6) is 0. The standard InChI is InChI=1S/C13H14BNS/c1-2-6-15-11-5-7-16-13(11)10-4-3-9(14)8-12(10)15/h3-5,7-8H,2,6,14H2,1H3. The summed E-state index contributed by atoms with van der Waals surface area (Å²) in [6, 6.07) is 9.01. The highest BCUT2D eigenvalue weighted by Gasteiger charge is 2.10. The van der Waals surface area contributed by atoms with E-state index < -0.39 is 0 Å². The van der Waals surface area contributed by atoms with Crippen molar-refractivity contribution in [3.05, 3.63) is 29.6 Å². The Morgan fingerprint density at radius 1 is 1.25 bits per heavy atom. The second kappa shape index (κ2) is 3.67. The van der Waals surface area contributed by atoms with Crippen LogP contribution in [0.2, 0.25) is 0 Å². The van der Waals surface area contributed by atoms with E-state index in [2.05, 4.69) is 49.0 Å². The number of thiophene rings is 1. The van der Waals surface area contributed by atoms with Crippen LogP contribution in [0, 0.1) is 0 Å². The van der Waals surface area contributed by atoms with Crippen molar-refractivity contribution in [3.63, 3.8) is 0 Å². The molecule has 0 radical (unpaired) electrons. The normalized spacial score (nSPS) is 11.6. The van der Waals surface area contributed by atoms with Gasteiger partial charge in [-0.15, -0.1) is 11.3 Å². The van der Waals surface area contributed by atoms with E-state index in [1.165, 1.54) is 33.0 Å². The summed E-state index contributed by atoms with van der Waals surface area (Å²) in [6.45, 7) is 3.35. The molecule has 3 rings (SSSR count). The predicted molar refractivity (Wildman–Crippen MR) is 75.8 cm³/mol. The van der Waals surface area contributed by atoms with Crippen molar-refractivity contribution in [2.24, 2.45) is 0 Å². The number of aryl methyl sites for hydroxylation is 1. The molecule has 0 spiro atoms. The van der Waals surface area contributed by atoms with Crippen LogP contribution < -0.4 is 5.46 Å². The van der Waals surface area contributed by atoms with Gasteiger partial charge in [0, 0.05) is 17.4 Å². The lowest BCUT2D eigenvalue weighted by Crippen LogP contribution is -2.02. The van der Waals surface area contributed by atoms with Crippen LogP contribution in [0.15, 0.2) is 29.6 Å². The van der Waals surface area contributed by atoms with Gasteiger partial charge in [-0.3, -0.25) is 0 Å². The highest BCUT2D eigenvalue weighted by Crippen LogP contribution is 2.32. The predicted octanol–water partition coefficient (Wildman–Crippen LogP) is 2.52. The molecule has 0 aliphatic carbocycles. The average Bonchev–Trinajstić information content (AvgIpc) is 2.82. The van der Waals surface area contributed by atoms with Crippen molar-refractivity contribution in [1.29, 1.82) is 0 Å². The van der Waals surface area contributed by atoms with E-state index in [-0.39, 0.29) is 0 Å². The first-order valence-corrected chi connectivity index (χ1v) is 6.65. The Kier molecular flexibility index (Phi) is 2.29. The second-order valence-corrected chi connectivity index (χ2v) is 5.22. The summed E-state index contributed by atoms with van der Waals surface area (Å²) < 4.78 is 3.89. The minimum atomic E-state index is 1.11. The Hall–Kier alpha value is -1.22. The molecule has 0 N–H and O–H groups in total. The molecular weight excluding hydrogens is 213 g/mol. The van der Waals surface area contributed by atoms with Crippen LogP contribution in [-0.4, -0.2) is 12.4 Å². The summed E-state index contributed by atoms with van der Waals surface area (Å²) in [4.78, 5) is 0. The molecule has 0 aliphatic heterocycles. The van der Waals surface area contributed by atoms with Gasteiger partial charge in [0.25, 0.3) is 0 Å². The van der Waals surface area contributed by atoms with Gasteiger partial charge < -0.3 is 4.57 Å². The minimum absolute atomic E-state index is 1.11. The maximum absolute atomic E-state index is 2.45. The molecule has 2 heterocycles. The van der Waals surface area contributed by atoms with Crippen molar-refractivity contribution in [3.8, 4) is 0 Å². The molecule has 0 saturated carbocycles. The Morgan fingerprint density at radius 2 is 2.12 bits per heavy atom. The number of fused-ring (bicyclic) bond motifs is 3. The van der Waals surface area contributed by atoms with Crippen LogP contribution in [0.3, 0.4) is 0 Å². The van der Waals surface area contributed by atoms with Crippen molar-refractivity contribution < 1.29 is 0 Å². The number of hydrogen-bond acceptors (Lipinski definition) is 1. The molecule has 3 heteroatoms. The number of benzene rings is 1. The molecule has 0 fully saturated rings. The van der Waals surface area contributed by atoms with Gasteiger partial charge in [0.1, 0.15) is 7.85 Å². The monoisotopic (exact) mass is 227 g/mol. The molecule has 0 saturated heterocycles. The van der Waals surface area contributed by atoms with E-state index >= 15 is 0 Å². The third kappa shape index (κ3) is 1.31. The zero-order valence-electron chi connectivity index (χ0n) is 9.66. The van der Waals surface area contributed by atoms with Gasteiger partial charge in [-0.25, -0.2) is 0 Å². The highest BCUT2D eigenvalue weighted by atomic mass is 32.1. The van der Waals surface area contributed by atoms with Gasteiger partial charge in [0.2, 0.25) is 0 Å². The van der Waals surface area contributed by atoms with Gasteiger partial charge in [-0.1, -0.05) is 24.5 Å². The lowest BCUT2D eigenvalue weighted by atomic mass is 9.95. The number of nitrogens with zero attached hydrogens (tertiary/aromatic N) is 1. The van der Waals surface area contributed by atoms with E-state index in [1.54, 1.807) is 0 Å². The highest BCUT2D eigenvalue weighted by molar-refractivity contribution is 7.18. The number of aromatic nitrogens is 1. The summed E-state index contributed by atoms with van der Waals surface area (Å²) in [5.41, 5.74) is 4.13. The van der Waals surface area contributed by atoms with Gasteiger partial charge >= 0.3 is 0 Å². The zero-order valence-corrected chi connectivity index (χ0v) is 10.5. The number of hydrogen-bond donors (Lipinski definition) is 0. The van der Waals surface area contributed by atoms with Crippen LogP contribution in [0.1, 0.15) is 13.3 Å². The van der Waals surface area contributed by atoms with Crippen LogP contribution in [0.25, 0.3) is 21.1 Å². The fraction of sp³-hybridized carbons (Fsp3) is 0.231. The largest absolute Gasteiger partial charge is 0.340 e. The summed E-state index contributed by atoms with van der Waals surface area (Å²) >= 11 is 1.85. The number of rotatable bonds is 2. The van der Waals surface area contributed by atoms with Crippen LogP contribution >= 0.6 is 11.3 Å². The average molecular weight is 227 g/mol. The van der Waals surface area contributed by atoms with Gasteiger partial charge in [0.15, 0.2) is 0 Å². The molecule has 0 unspecified atom stereocenters. The Labute approximate surface area is 100 Å². The summed E-state index contributed by atoms with van der Waals surface area (Å²) in [5, 5.41) is 3.60. The third-order valence-corrected chi connectivity index (χ3v) is 4.01. The lowest BCUT2D eigenvalue weighted by molar-refractivity contribution is 0.724. The van der Waals surface area contributed by atoms with Crippen molar-refractivity contribution in [2.45, 2.75) is 19.9 Å². The smallest absolute Gasteiger partial charge is 0.139 e. The first-order valence-electron chi connectivity index (χ1n) is 5.77. The molecule has 0 aliphatic rings. The molecule has 1 nitrogen and oxygen atoms in total. The summed E-state index contributed by atoms with van der Waals surface area (Å²) in [6.07, 6.45) is 1.18. The van der Waals surface area contributed by atoms with Gasteiger partial charge in [0.05, 0.1) is 10.2 Å². The lowest BCUT2D eigenvalue weighted by Gasteiger charge is -2.04. The van der Waals surface area contributed by atoms with Crippen molar-refractivity contribution in [2.75, 3.05) is 0 Å². The molecule has 3 aromatic rings. The fourth-order valence-corrected chi connectivity index (χ4v) is 3.30. The van der Waals surface area contributed by atoms with E-state index in [0.717, 1.165) is 6.54 Å². The quantitative estimate of drug-likeness (QED) is 0.593. The third-order valence-electron chi connectivity index (χ3n) is 3.07. The Morgan fingerprint density at radius 3 is 2.94 bits per heavy atom. The van der Waals surface area contributed by atoms with Crippen LogP contribution in [0.5, 0.6) is 0 Å². The molecular formula is C13H14BNS. The van der Waals surface area contributed by atoms with Crippen LogP contribution in [0.4, 0.5) is 0 Å². The first kappa shape index (κ1) is 9.97. The molecule has 0 atom stereocenters. The Bertz CT molecular complexity index is 650. The van der Waals surface area contributed by atoms with Crippen molar-refractivity contribution >= 4 is 45.8 Å². The summed E-state index contributed by atoms with van der Waals surface area (Å²) in [7, 11) is 2.16. The van der Waals surface area contributed by atoms with E-state index in [1.807, 2.05) is 11.3 Å². The molecule has 80 valence electrons. The van der Waals surface area contributed by atoms with Gasteiger partial charge in [-0.05, 0) is 23.9 Å². The van der Waals surface area contributed by atoms with E-state index in [4.69, 9.17) is 0 Å². The van der Waals surface area contributed by atoms with E-state index in [0.29, 0.717) is 0 Å². The molecule has 16 heavy (non-hydrogen) atoms. The minimum Gasteiger partial charge on any atom is -0.340 e. The molecule has 0 bridgehead atoms. The SMILES string of the molecule is Bc1ccc2c3sccc3n(CCC)c2c1. The van der Waals surface area contributed by atoms with E-state index in [9.17, 15) is 0 Å². The maximum atomic E-state index is 2.45. The Balaban J connectivity index is 2.45. The van der Waals surface area contributed by atoms with Crippen molar-refractivity contribution in [1.82, 2.24) is 4.57 Å². The second-order valence-electron chi connectivity index (χ2n) is 4.31. The fourth-order valence-electron chi connectivity index (χ4n) is 2.37. The molecule has 1 aromatic carbocycles.